The minimum Gasteiger partial charge on any atom is -0.512 e. The van der Waals surface area contributed by atoms with E-state index in [2.05, 4.69) is 28.5 Å². The molecule has 2 N–H and O–H groups in total. The third kappa shape index (κ3) is 5.23. The highest BCUT2D eigenvalue weighted by Gasteiger charge is 2.48. The number of esters is 1. The molecular formula is C28H37N5O4. The second-order valence-electron chi connectivity index (χ2n) is 10.3. The van der Waals surface area contributed by atoms with E-state index in [1.54, 1.807) is 22.4 Å². The fraction of sp³-hybridized carbons (Fsp3) is 0.536. The number of aromatic nitrogens is 1. The lowest BCUT2D eigenvalue weighted by Gasteiger charge is -2.42. The number of aliphatic imine (C=N–C) groups is 1. The van der Waals surface area contributed by atoms with Crippen LogP contribution >= 0.6 is 0 Å². The molecule has 4 heterocycles. The number of carbonyl (C=O) groups excluding carboxylic acids is 1. The minimum absolute atomic E-state index is 0.123. The van der Waals surface area contributed by atoms with E-state index in [1.807, 2.05) is 26.2 Å². The molecule has 1 fully saturated rings. The third-order valence-corrected chi connectivity index (χ3v) is 7.76. The van der Waals surface area contributed by atoms with Crippen molar-refractivity contribution in [3.63, 3.8) is 0 Å². The van der Waals surface area contributed by atoms with Gasteiger partial charge in [0.15, 0.2) is 5.82 Å². The van der Waals surface area contributed by atoms with Crippen molar-refractivity contribution in [2.75, 3.05) is 13.2 Å². The number of cyclic esters (lactones) is 1. The summed E-state index contributed by atoms with van der Waals surface area (Å²) in [5.74, 6) is 1.42. The van der Waals surface area contributed by atoms with Crippen molar-refractivity contribution in [1.82, 2.24) is 20.5 Å². The second kappa shape index (κ2) is 10.6. The Labute approximate surface area is 218 Å². The highest BCUT2D eigenvalue weighted by molar-refractivity contribution is 5.91. The van der Waals surface area contributed by atoms with Crippen LogP contribution in [-0.2, 0) is 22.4 Å². The molecule has 1 saturated carbocycles. The molecule has 1 unspecified atom stereocenters. The molecule has 1 aromatic heterocycles. The van der Waals surface area contributed by atoms with Crippen molar-refractivity contribution >= 4 is 12.2 Å². The van der Waals surface area contributed by atoms with Gasteiger partial charge in [0.25, 0.3) is 0 Å². The summed E-state index contributed by atoms with van der Waals surface area (Å²) >= 11 is 0. The van der Waals surface area contributed by atoms with Gasteiger partial charge in [0.2, 0.25) is 0 Å². The maximum absolute atomic E-state index is 13.4. The van der Waals surface area contributed by atoms with E-state index in [1.165, 1.54) is 0 Å². The Kier molecular flexibility index (Phi) is 7.24. The number of nitrogens with one attached hydrogen (secondary N) is 1. The summed E-state index contributed by atoms with van der Waals surface area (Å²) < 4.78 is 12.2. The quantitative estimate of drug-likeness (QED) is 0.472. The summed E-state index contributed by atoms with van der Waals surface area (Å²) in [6, 6.07) is 2.10. The monoisotopic (exact) mass is 507 g/mol. The fourth-order valence-corrected chi connectivity index (χ4v) is 5.79. The van der Waals surface area contributed by atoms with Crippen LogP contribution in [0.5, 0.6) is 5.75 Å². The summed E-state index contributed by atoms with van der Waals surface area (Å²) in [5, 5.41) is 14.8. The second-order valence-corrected chi connectivity index (χ2v) is 10.3. The maximum atomic E-state index is 13.4. The molecule has 0 amide bonds. The summed E-state index contributed by atoms with van der Waals surface area (Å²) in [6.45, 7) is 6.76. The van der Waals surface area contributed by atoms with Crippen LogP contribution in [0.3, 0.4) is 0 Å². The molecular weight excluding hydrogens is 470 g/mol. The number of fused-ring (bicyclic) bond motifs is 1. The zero-order valence-corrected chi connectivity index (χ0v) is 22.0. The molecule has 9 nitrogen and oxygen atoms in total. The van der Waals surface area contributed by atoms with Crippen LogP contribution in [0, 0.1) is 5.92 Å². The number of hydrazine groups is 2. The van der Waals surface area contributed by atoms with E-state index >= 15 is 0 Å². The molecule has 0 saturated heterocycles. The van der Waals surface area contributed by atoms with Gasteiger partial charge >= 0.3 is 5.97 Å². The first-order valence-corrected chi connectivity index (χ1v) is 13.4. The lowest BCUT2D eigenvalue weighted by atomic mass is 9.76. The van der Waals surface area contributed by atoms with Gasteiger partial charge in [0, 0.05) is 24.5 Å². The number of hydrogen-bond donors (Lipinski definition) is 2. The number of aliphatic hydroxyl groups is 1. The largest absolute Gasteiger partial charge is 0.512 e. The molecule has 0 bridgehead atoms. The molecule has 4 aliphatic rings. The van der Waals surface area contributed by atoms with E-state index in [9.17, 15) is 9.90 Å². The van der Waals surface area contributed by atoms with Gasteiger partial charge in [0.1, 0.15) is 17.1 Å². The lowest BCUT2D eigenvalue weighted by molar-refractivity contribution is -0.167. The molecule has 0 spiro atoms. The molecule has 1 aliphatic carbocycles. The first-order valence-electron chi connectivity index (χ1n) is 13.4. The maximum Gasteiger partial charge on any atom is 0.339 e. The van der Waals surface area contributed by atoms with Crippen molar-refractivity contribution in [2.24, 2.45) is 10.9 Å². The van der Waals surface area contributed by atoms with E-state index < -0.39 is 11.6 Å². The van der Waals surface area contributed by atoms with Crippen molar-refractivity contribution < 1.29 is 19.4 Å². The minimum atomic E-state index is -0.723. The highest BCUT2D eigenvalue weighted by Crippen LogP contribution is 2.46. The van der Waals surface area contributed by atoms with Gasteiger partial charge in [-0.2, -0.15) is 0 Å². The van der Waals surface area contributed by atoms with Crippen LogP contribution in [0.4, 0.5) is 0 Å². The summed E-state index contributed by atoms with van der Waals surface area (Å²) in [7, 11) is 0. The topological polar surface area (TPSA) is 99.5 Å². The van der Waals surface area contributed by atoms with Crippen molar-refractivity contribution in [3.8, 4) is 5.75 Å². The van der Waals surface area contributed by atoms with Crippen LogP contribution in [0.15, 0.2) is 52.4 Å². The lowest BCUT2D eigenvalue weighted by Crippen LogP contribution is -2.48. The predicted molar refractivity (Wildman–Crippen MR) is 140 cm³/mol. The van der Waals surface area contributed by atoms with Gasteiger partial charge < -0.3 is 14.6 Å². The molecule has 9 heteroatoms. The highest BCUT2D eigenvalue weighted by atomic mass is 16.6. The van der Waals surface area contributed by atoms with Gasteiger partial charge in [-0.3, -0.25) is 9.99 Å². The average Bonchev–Trinajstić information content (AvgIpc) is 3.56. The Morgan fingerprint density at radius 3 is 2.81 bits per heavy atom. The van der Waals surface area contributed by atoms with Gasteiger partial charge in [-0.05, 0) is 69.1 Å². The number of ether oxygens (including phenoxy) is 2. The molecule has 0 radical (unpaired) electrons. The number of hydrogen-bond acceptors (Lipinski definition) is 9. The van der Waals surface area contributed by atoms with Crippen LogP contribution in [0.1, 0.15) is 70.6 Å². The first kappa shape index (κ1) is 25.3. The first-order chi connectivity index (χ1) is 17.9. The van der Waals surface area contributed by atoms with Crippen LogP contribution in [0.2, 0.25) is 0 Å². The van der Waals surface area contributed by atoms with Crippen molar-refractivity contribution in [1.29, 1.82) is 0 Å². The van der Waals surface area contributed by atoms with Crippen LogP contribution in [0.25, 0.3) is 0 Å². The number of aryl methyl sites for hydroxylation is 2. The summed E-state index contributed by atoms with van der Waals surface area (Å²) in [4.78, 5) is 22.3. The Morgan fingerprint density at radius 2 is 2.08 bits per heavy atom. The Balaban J connectivity index is 1.36. The third-order valence-electron chi connectivity index (χ3n) is 7.76. The number of rotatable bonds is 9. The van der Waals surface area contributed by atoms with E-state index in [4.69, 9.17) is 9.47 Å². The summed E-state index contributed by atoms with van der Waals surface area (Å²) in [5.41, 5.74) is 5.84. The van der Waals surface area contributed by atoms with Crippen molar-refractivity contribution in [3.05, 3.63) is 58.6 Å². The number of nitrogens with zero attached hydrogens (tertiary/aromatic N) is 4. The smallest absolute Gasteiger partial charge is 0.339 e. The zero-order chi connectivity index (χ0) is 26.0. The van der Waals surface area contributed by atoms with E-state index in [0.717, 1.165) is 60.5 Å². The molecule has 0 aromatic carbocycles. The number of aliphatic hydroxyl groups excluding tert-OH is 1. The molecule has 1 atom stereocenters. The van der Waals surface area contributed by atoms with E-state index in [0.29, 0.717) is 25.9 Å². The number of allylic oxidation sites excluding steroid dienone is 1. The Morgan fingerprint density at radius 1 is 1.27 bits per heavy atom. The standard InChI is InChI=1S/C28H37N5O4/c1-4-22-12-20(25(15-29-22)36-5-2)10-11-28(21-8-6-7-9-21)13-24(34)23(27(35)37-28)17-32-18-26-30-14-19(3)16-33(26)31-32/h12,14-16,18,21,31,34H,4-11,13,17H2,1-3H3. The van der Waals surface area contributed by atoms with Gasteiger partial charge in [-0.25, -0.2) is 14.8 Å². The zero-order valence-electron chi connectivity index (χ0n) is 22.0. The summed E-state index contributed by atoms with van der Waals surface area (Å²) in [6.07, 6.45) is 14.1. The van der Waals surface area contributed by atoms with Crippen LogP contribution < -0.4 is 10.3 Å². The van der Waals surface area contributed by atoms with E-state index in [-0.39, 0.29) is 23.8 Å². The molecule has 198 valence electrons. The van der Waals surface area contributed by atoms with Gasteiger partial charge in [-0.15, -0.1) is 5.53 Å². The predicted octanol–water partition coefficient (Wildman–Crippen LogP) is 4.49. The average molecular weight is 508 g/mol. The molecule has 3 aliphatic heterocycles. The SMILES string of the molecule is CCOc1cnc(CC)cc1CCC1(C2CCCC2)CC(O)=C(CN2C=C3N=CC(C)=CN3N2)C(=O)O1. The number of carbonyl (C=O) groups is 1. The molecule has 1 aromatic rings. The Bertz CT molecular complexity index is 1170. The van der Waals surface area contributed by atoms with Crippen molar-refractivity contribution in [2.45, 2.75) is 77.7 Å². The van der Waals surface area contributed by atoms with Gasteiger partial charge in [-0.1, -0.05) is 19.8 Å². The normalized spacial score (nSPS) is 23.8. The molecule has 37 heavy (non-hydrogen) atoms. The number of pyridine rings is 1. The van der Waals surface area contributed by atoms with Crippen LogP contribution in [-0.4, -0.2) is 51.0 Å². The fourth-order valence-electron chi connectivity index (χ4n) is 5.79. The Hall–Kier alpha value is -3.33. The molecule has 5 rings (SSSR count). The van der Waals surface area contributed by atoms with Gasteiger partial charge in [0.05, 0.1) is 31.1 Å².